The zero-order chi connectivity index (χ0) is 91.7. The molecule has 7 unspecified atom stereocenters. The number of benzene rings is 7. The molecule has 660 valence electrons. The summed E-state index contributed by atoms with van der Waals surface area (Å²) in [5.74, 6) is -3.94. The van der Waals surface area contributed by atoms with E-state index in [4.69, 9.17) is 50.3 Å². The Balaban J connectivity index is 0.000000197. The third-order valence-electron chi connectivity index (χ3n) is 21.5. The molecular formula is C90H87F13N4O17. The van der Waals surface area contributed by atoms with Crippen molar-refractivity contribution < 1.29 is 138 Å². The van der Waals surface area contributed by atoms with Gasteiger partial charge in [-0.2, -0.15) is 42.1 Å². The van der Waals surface area contributed by atoms with Crippen LogP contribution in [0, 0.1) is 87.2 Å². The van der Waals surface area contributed by atoms with Gasteiger partial charge < -0.3 is 62.1 Å². The van der Waals surface area contributed by atoms with Crippen LogP contribution in [0.1, 0.15) is 149 Å². The fourth-order valence-electron chi connectivity index (χ4n) is 14.3. The lowest BCUT2D eigenvalue weighted by molar-refractivity contribution is -0.209. The number of esters is 3. The lowest BCUT2D eigenvalue weighted by Crippen LogP contribution is -2.41. The van der Waals surface area contributed by atoms with Crippen LogP contribution in [0.4, 0.5) is 57.1 Å². The molecule has 0 bridgehead atoms. The standard InChI is InChI=1S/C14H14FNO3.C13H14F4O2.C13H12F4O2.C13H10FNO3.C12H12FNO.C12H13FO2.C9H7FO2.C4H5NO2/c1-14(11(8-16)13(17)18-2)5-6-19-12-4-3-9(15)7-10(12)14;2*1-12(7-11(18)13(15,16)17)4-5-19-10-3-2-8(14)6-9(10)12;1-17-13(16)11(7-15)9-4-5-18-12-3-2-8(14)6-10(9)12;2*1-12(4-6-14)5-7-15-11-3-2-9(13)8-10(11)12;10-6-1-2-9-7(5-6)8(11)3-4-12-9;1-5-3-4(6)7-2/h3-4,7,11H,5-6H2,1-2H3;2-3,6,11,18H,4-5,7H2,1H3;2-3,6H,4-5,7H2,1H3;2-3,6H,4-5H2,1H3;2-3,8H,4-5,7H2,1H3;2-3,6,8H,4-5,7H2,1H3;1-2,5H,3-4H2;3H2,2H3/b;;;11-9-;;;;. The second-order valence-corrected chi connectivity index (χ2v) is 30.3. The number of aldehydes is 1. The van der Waals surface area contributed by atoms with Crippen LogP contribution >= 0.6 is 0 Å². The van der Waals surface area contributed by atoms with Crippen molar-refractivity contribution in [1.29, 1.82) is 15.8 Å². The Morgan fingerprint density at radius 3 is 1.30 bits per heavy atom. The molecule has 0 fully saturated rings. The molecule has 14 rings (SSSR count). The number of carbonyl (C=O) groups is 6. The van der Waals surface area contributed by atoms with Crippen molar-refractivity contribution in [2.75, 3.05) is 74.1 Å². The molecule has 34 heteroatoms. The normalized spacial score (nSPS) is 20.7. The van der Waals surface area contributed by atoms with Crippen LogP contribution in [-0.4, -0.2) is 133 Å². The van der Waals surface area contributed by atoms with E-state index in [1.807, 2.05) is 26.0 Å². The highest BCUT2D eigenvalue weighted by atomic mass is 19.4. The monoisotopic (exact) mass is 1740 g/mol. The highest BCUT2D eigenvalue weighted by Gasteiger charge is 2.49. The number of nitrogens with zero attached hydrogens (tertiary/aromatic N) is 4. The fourth-order valence-corrected chi connectivity index (χ4v) is 14.3. The van der Waals surface area contributed by atoms with E-state index in [1.54, 1.807) is 26.0 Å². The molecule has 7 heterocycles. The number of ketones is 2. The maximum absolute atomic E-state index is 13.4. The summed E-state index contributed by atoms with van der Waals surface area (Å²) < 4.78 is 217. The van der Waals surface area contributed by atoms with Crippen molar-refractivity contribution in [3.8, 4) is 58.5 Å². The number of methoxy groups -OCH3 is 3. The topological polar surface area (TPSA) is 291 Å². The zero-order valence-corrected chi connectivity index (χ0v) is 68.5. The van der Waals surface area contributed by atoms with Crippen molar-refractivity contribution in [1.82, 2.24) is 0 Å². The Labute approximate surface area is 705 Å². The predicted octanol–water partition coefficient (Wildman–Crippen LogP) is 17.9. The molecule has 0 spiro atoms. The average Bonchev–Trinajstić information content (AvgIpc) is 0.767. The van der Waals surface area contributed by atoms with Crippen LogP contribution in [0.2, 0.25) is 0 Å². The molecule has 0 saturated heterocycles. The average molecular weight is 1740 g/mol. The Morgan fingerprint density at radius 2 is 0.887 bits per heavy atom. The van der Waals surface area contributed by atoms with E-state index < -0.39 is 106 Å². The van der Waals surface area contributed by atoms with Crippen LogP contribution in [0.15, 0.2) is 133 Å². The molecular weight excluding hydrogens is 1660 g/mol. The molecule has 7 aromatic carbocycles. The number of ether oxygens (including phenoxy) is 10. The van der Waals surface area contributed by atoms with E-state index in [9.17, 15) is 96.2 Å². The molecule has 0 amide bonds. The molecule has 0 saturated carbocycles. The molecule has 7 aliphatic heterocycles. The SMILES string of the molecule is CC1(CC#N)CCOc2ccc(F)cc21.CC1(CC(=O)C(F)(F)F)CCOc2ccc(F)cc21.CC1(CC(O)C(F)(F)F)CCOc2ccc(F)cc21.CC1(CC=O)CCOc2ccc(F)cc21.COC(=O)/C(C#N)=C1/CCOc2ccc(F)cc21.COC(=O)C(C#N)C1(C)CCOc2ccc(F)cc21.O=C1CCOc2ccc(F)cc21.[C-]#[N+]CC(=O)OC. The van der Waals surface area contributed by atoms with Gasteiger partial charge in [0, 0.05) is 92.6 Å². The van der Waals surface area contributed by atoms with E-state index in [2.05, 4.69) is 25.1 Å². The Morgan fingerprint density at radius 1 is 0.508 bits per heavy atom. The van der Waals surface area contributed by atoms with Gasteiger partial charge in [-0.05, 0) is 171 Å². The van der Waals surface area contributed by atoms with Crippen LogP contribution in [-0.2, 0) is 65.3 Å². The summed E-state index contributed by atoms with van der Waals surface area (Å²) in [5, 5.41) is 36.3. The molecule has 124 heavy (non-hydrogen) atoms. The minimum atomic E-state index is -4.87. The van der Waals surface area contributed by atoms with Crippen molar-refractivity contribution in [2.24, 2.45) is 5.92 Å². The third kappa shape index (κ3) is 25.5. The van der Waals surface area contributed by atoms with Gasteiger partial charge in [0.2, 0.25) is 5.78 Å². The number of carbonyl (C=O) groups excluding carboxylic acids is 6. The number of nitriles is 3. The molecule has 7 aromatic rings. The number of aliphatic hydroxyl groups is 1. The van der Waals surface area contributed by atoms with Crippen LogP contribution in [0.25, 0.3) is 10.4 Å². The van der Waals surface area contributed by atoms with Crippen molar-refractivity contribution in [3.05, 3.63) is 224 Å². The second-order valence-electron chi connectivity index (χ2n) is 30.3. The molecule has 21 nitrogen and oxygen atoms in total. The molecule has 0 aliphatic carbocycles. The number of aliphatic hydroxyl groups excluding tert-OH is 1. The number of fused-ring (bicyclic) bond motifs is 7. The number of halogens is 13. The van der Waals surface area contributed by atoms with Crippen molar-refractivity contribution in [3.63, 3.8) is 0 Å². The minimum Gasteiger partial charge on any atom is -0.493 e. The zero-order valence-electron chi connectivity index (χ0n) is 68.5. The van der Waals surface area contributed by atoms with E-state index in [-0.39, 0.29) is 60.0 Å². The van der Waals surface area contributed by atoms with Gasteiger partial charge in [0.25, 0.3) is 0 Å². The summed E-state index contributed by atoms with van der Waals surface area (Å²) in [6.07, 6.45) is -8.25. The van der Waals surface area contributed by atoms with Gasteiger partial charge in [0.05, 0.1) is 85.3 Å². The van der Waals surface area contributed by atoms with Gasteiger partial charge in [0.1, 0.15) is 98.9 Å². The smallest absolute Gasteiger partial charge is 0.450 e. The van der Waals surface area contributed by atoms with E-state index >= 15 is 0 Å². The van der Waals surface area contributed by atoms with Crippen molar-refractivity contribution in [2.45, 2.75) is 151 Å². The highest BCUT2D eigenvalue weighted by molar-refractivity contribution is 6.02. The van der Waals surface area contributed by atoms with Gasteiger partial charge in [-0.1, -0.05) is 34.6 Å². The molecule has 7 atom stereocenters. The van der Waals surface area contributed by atoms with Crippen LogP contribution < -0.4 is 33.2 Å². The first-order chi connectivity index (χ1) is 58.5. The molecule has 7 aliphatic rings. The lowest BCUT2D eigenvalue weighted by atomic mass is 9.69. The number of rotatable bonds is 11. The minimum absolute atomic E-state index is 0.0456. The molecule has 0 radical (unpaired) electrons. The van der Waals surface area contributed by atoms with Gasteiger partial charge in [-0.3, -0.25) is 14.4 Å². The van der Waals surface area contributed by atoms with Gasteiger partial charge >= 0.3 is 36.8 Å². The summed E-state index contributed by atoms with van der Waals surface area (Å²) in [5.41, 5.74) is 0.638. The first-order valence-corrected chi connectivity index (χ1v) is 38.3. The van der Waals surface area contributed by atoms with E-state index in [0.717, 1.165) is 36.3 Å². The maximum atomic E-state index is 13.4. The van der Waals surface area contributed by atoms with E-state index in [0.29, 0.717) is 145 Å². The lowest BCUT2D eigenvalue weighted by Gasteiger charge is -2.37. The quantitative estimate of drug-likeness (QED) is 0.0239. The first-order valence-electron chi connectivity index (χ1n) is 38.3. The van der Waals surface area contributed by atoms with Crippen LogP contribution in [0.3, 0.4) is 0 Å². The highest BCUT2D eigenvalue weighted by Crippen LogP contribution is 2.49. The predicted molar refractivity (Wildman–Crippen MR) is 419 cm³/mol. The number of hydrogen-bond acceptors (Lipinski definition) is 20. The Kier molecular flexibility index (Phi) is 34.4. The third-order valence-corrected chi connectivity index (χ3v) is 21.5. The first kappa shape index (κ1) is 98.4. The largest absolute Gasteiger partial charge is 0.493 e. The van der Waals surface area contributed by atoms with Gasteiger partial charge in [-0.25, -0.2) is 46.9 Å². The molecule has 0 aromatic heterocycles. The summed E-state index contributed by atoms with van der Waals surface area (Å²) >= 11 is 0. The Bertz CT molecular complexity index is 5230. The van der Waals surface area contributed by atoms with Gasteiger partial charge in [0.15, 0.2) is 17.8 Å². The van der Waals surface area contributed by atoms with Crippen molar-refractivity contribution >= 4 is 41.3 Å². The van der Waals surface area contributed by atoms with Gasteiger partial charge in [-0.15, -0.1) is 0 Å². The fraction of sp³-hybridized carbons (Fsp3) is 0.400. The Hall–Kier alpha value is -12.7. The molecule has 1 N–H and O–H groups in total. The van der Waals surface area contributed by atoms with E-state index in [1.165, 1.54) is 137 Å². The summed E-state index contributed by atoms with van der Waals surface area (Å²) in [6.45, 7) is 17.6. The number of Topliss-reactive ketones (excluding diaryl/α,β-unsaturated/α-hetero) is 2. The second kappa shape index (κ2) is 43.4. The van der Waals surface area contributed by atoms with Crippen LogP contribution in [0.5, 0.6) is 40.2 Å². The summed E-state index contributed by atoms with van der Waals surface area (Å²) in [6, 6.07) is 34.5. The number of hydrogen-bond donors (Lipinski definition) is 1. The summed E-state index contributed by atoms with van der Waals surface area (Å²) in [4.78, 5) is 69.0. The maximum Gasteiger partial charge on any atom is 0.450 e. The number of alkyl halides is 6. The summed E-state index contributed by atoms with van der Waals surface area (Å²) in [7, 11) is 3.70.